The molecule has 0 saturated carbocycles. The standard InChI is InChI=1S/C28H22ClNO6/c1-3-35-20-13-11-19(12-14-20)30-24(16-7-9-18(29)10-8-16)23(26(32)28(30)33)25(31)22-15-17-5-4-6-21(34-2)27(17)36-22/h4-15,24,32H,3H2,1-2H3. The van der Waals surface area contributed by atoms with E-state index in [9.17, 15) is 14.7 Å². The van der Waals surface area contributed by atoms with Crippen LogP contribution in [0, 0.1) is 0 Å². The third kappa shape index (κ3) is 3.97. The molecule has 1 N–H and O–H groups in total. The summed E-state index contributed by atoms with van der Waals surface area (Å²) >= 11 is 6.10. The van der Waals surface area contributed by atoms with Crippen LogP contribution in [0.15, 0.2) is 88.5 Å². The molecule has 0 bridgehead atoms. The van der Waals surface area contributed by atoms with Gasteiger partial charge in [-0.3, -0.25) is 14.5 Å². The Kier molecular flexibility index (Phi) is 6.16. The summed E-state index contributed by atoms with van der Waals surface area (Å²) in [4.78, 5) is 28.5. The number of hydrogen-bond acceptors (Lipinski definition) is 6. The second-order valence-electron chi connectivity index (χ2n) is 8.14. The molecule has 1 atom stereocenters. The molecule has 182 valence electrons. The van der Waals surface area contributed by atoms with E-state index < -0.39 is 23.5 Å². The van der Waals surface area contributed by atoms with Crippen LogP contribution in [-0.4, -0.2) is 30.5 Å². The van der Waals surface area contributed by atoms with Gasteiger partial charge in [0.2, 0.25) is 5.78 Å². The van der Waals surface area contributed by atoms with Gasteiger partial charge in [0.15, 0.2) is 22.9 Å². The molecule has 3 aromatic carbocycles. The lowest BCUT2D eigenvalue weighted by atomic mass is 9.94. The third-order valence-electron chi connectivity index (χ3n) is 6.02. The SMILES string of the molecule is CCOc1ccc(N2C(=O)C(O)=C(C(=O)c3cc4cccc(OC)c4o3)C2c2ccc(Cl)cc2)cc1. The van der Waals surface area contributed by atoms with Gasteiger partial charge in [0, 0.05) is 16.1 Å². The van der Waals surface area contributed by atoms with Crippen molar-refractivity contribution in [1.29, 1.82) is 0 Å². The fourth-order valence-corrected chi connectivity index (χ4v) is 4.50. The number of carbonyl (C=O) groups is 2. The van der Waals surface area contributed by atoms with Crippen molar-refractivity contribution in [3.05, 3.63) is 100 Å². The number of fused-ring (bicyclic) bond motifs is 1. The fraction of sp³-hybridized carbons (Fsp3) is 0.143. The van der Waals surface area contributed by atoms with Crippen molar-refractivity contribution in [3.8, 4) is 11.5 Å². The molecule has 0 fully saturated rings. The molecule has 0 saturated heterocycles. The minimum absolute atomic E-state index is 0.0173. The molecule has 4 aromatic rings. The molecule has 2 heterocycles. The van der Waals surface area contributed by atoms with Gasteiger partial charge in [0.05, 0.1) is 25.3 Å². The van der Waals surface area contributed by atoms with E-state index >= 15 is 0 Å². The number of aliphatic hydroxyl groups excluding tert-OH is 1. The third-order valence-corrected chi connectivity index (χ3v) is 6.27. The number of benzene rings is 3. The first-order valence-corrected chi connectivity index (χ1v) is 11.7. The zero-order valence-electron chi connectivity index (χ0n) is 19.5. The topological polar surface area (TPSA) is 89.2 Å². The van der Waals surface area contributed by atoms with E-state index in [4.69, 9.17) is 25.5 Å². The molecular weight excluding hydrogens is 482 g/mol. The van der Waals surface area contributed by atoms with Crippen molar-refractivity contribution in [2.24, 2.45) is 0 Å². The fourth-order valence-electron chi connectivity index (χ4n) is 4.38. The average molecular weight is 504 g/mol. The Morgan fingerprint density at radius 1 is 1.08 bits per heavy atom. The summed E-state index contributed by atoms with van der Waals surface area (Å²) in [5.74, 6) is -0.848. The predicted octanol–water partition coefficient (Wildman–Crippen LogP) is 6.28. The number of halogens is 1. The summed E-state index contributed by atoms with van der Waals surface area (Å²) in [6, 6.07) is 19.6. The van der Waals surface area contributed by atoms with Crippen LogP contribution >= 0.6 is 11.6 Å². The second-order valence-corrected chi connectivity index (χ2v) is 8.57. The maximum Gasteiger partial charge on any atom is 0.294 e. The number of Topliss-reactive ketones (excluding diaryl/α,β-unsaturated/α-hetero) is 1. The summed E-state index contributed by atoms with van der Waals surface area (Å²) < 4.78 is 16.7. The van der Waals surface area contributed by atoms with E-state index in [0.717, 1.165) is 0 Å². The van der Waals surface area contributed by atoms with Gasteiger partial charge in [-0.05, 0) is 61.0 Å². The monoisotopic (exact) mass is 503 g/mol. The molecule has 0 aliphatic carbocycles. The van der Waals surface area contributed by atoms with Gasteiger partial charge in [-0.1, -0.05) is 35.9 Å². The Morgan fingerprint density at radius 2 is 1.81 bits per heavy atom. The summed E-state index contributed by atoms with van der Waals surface area (Å²) in [6.45, 7) is 2.38. The quantitative estimate of drug-likeness (QED) is 0.299. The normalized spacial score (nSPS) is 15.6. The van der Waals surface area contributed by atoms with Crippen LogP contribution < -0.4 is 14.4 Å². The van der Waals surface area contributed by atoms with Crippen LogP contribution in [0.3, 0.4) is 0 Å². The Bertz CT molecular complexity index is 1490. The number of ketones is 1. The molecule has 8 heteroatoms. The highest BCUT2D eigenvalue weighted by Crippen LogP contribution is 2.43. The molecular formula is C28H22ClNO6. The molecule has 0 radical (unpaired) electrons. The van der Waals surface area contributed by atoms with Gasteiger partial charge in [-0.2, -0.15) is 0 Å². The van der Waals surface area contributed by atoms with Gasteiger partial charge in [-0.15, -0.1) is 0 Å². The van der Waals surface area contributed by atoms with Crippen molar-refractivity contribution in [2.75, 3.05) is 18.6 Å². The van der Waals surface area contributed by atoms with E-state index in [-0.39, 0.29) is 11.3 Å². The number of methoxy groups -OCH3 is 1. The van der Waals surface area contributed by atoms with Crippen LogP contribution in [0.25, 0.3) is 11.0 Å². The highest BCUT2D eigenvalue weighted by molar-refractivity contribution is 6.30. The predicted molar refractivity (Wildman–Crippen MR) is 136 cm³/mol. The molecule has 36 heavy (non-hydrogen) atoms. The number of carbonyl (C=O) groups excluding carboxylic acids is 2. The number of rotatable bonds is 7. The number of para-hydroxylation sites is 1. The molecule has 5 rings (SSSR count). The summed E-state index contributed by atoms with van der Waals surface area (Å²) in [5, 5.41) is 12.1. The van der Waals surface area contributed by atoms with Crippen LogP contribution in [-0.2, 0) is 4.79 Å². The van der Waals surface area contributed by atoms with Crippen LogP contribution in [0.4, 0.5) is 5.69 Å². The summed E-state index contributed by atoms with van der Waals surface area (Å²) in [6.07, 6.45) is 0. The molecule has 1 aliphatic rings. The lowest BCUT2D eigenvalue weighted by Crippen LogP contribution is -2.31. The first kappa shape index (κ1) is 23.5. The van der Waals surface area contributed by atoms with E-state index in [1.807, 2.05) is 6.92 Å². The first-order valence-electron chi connectivity index (χ1n) is 11.3. The summed E-state index contributed by atoms with van der Waals surface area (Å²) in [7, 11) is 1.51. The minimum atomic E-state index is -0.907. The molecule has 7 nitrogen and oxygen atoms in total. The van der Waals surface area contributed by atoms with E-state index in [1.165, 1.54) is 12.0 Å². The van der Waals surface area contributed by atoms with E-state index in [0.29, 0.717) is 45.3 Å². The molecule has 1 aliphatic heterocycles. The van der Waals surface area contributed by atoms with E-state index in [2.05, 4.69) is 0 Å². The lowest BCUT2D eigenvalue weighted by molar-refractivity contribution is -0.117. The zero-order chi connectivity index (χ0) is 25.4. The van der Waals surface area contributed by atoms with Gasteiger partial charge in [0.25, 0.3) is 5.91 Å². The maximum absolute atomic E-state index is 13.8. The van der Waals surface area contributed by atoms with Crippen LogP contribution in [0.2, 0.25) is 5.02 Å². The van der Waals surface area contributed by atoms with Gasteiger partial charge >= 0.3 is 0 Å². The highest BCUT2D eigenvalue weighted by atomic mass is 35.5. The second kappa shape index (κ2) is 9.43. The maximum atomic E-state index is 13.8. The number of nitrogens with zero attached hydrogens (tertiary/aromatic N) is 1. The van der Waals surface area contributed by atoms with Crippen LogP contribution in [0.1, 0.15) is 29.1 Å². The average Bonchev–Trinajstić information content (AvgIpc) is 3.44. The number of ether oxygens (including phenoxy) is 2. The van der Waals surface area contributed by atoms with Crippen molar-refractivity contribution in [2.45, 2.75) is 13.0 Å². The Hall–Kier alpha value is -4.23. The molecule has 1 aromatic heterocycles. The van der Waals surface area contributed by atoms with Crippen LogP contribution in [0.5, 0.6) is 11.5 Å². The number of amides is 1. The Labute approximate surface area is 212 Å². The number of anilines is 1. The van der Waals surface area contributed by atoms with Crippen molar-refractivity contribution in [1.82, 2.24) is 0 Å². The lowest BCUT2D eigenvalue weighted by Gasteiger charge is -2.27. The smallest absolute Gasteiger partial charge is 0.294 e. The molecule has 1 unspecified atom stereocenters. The number of hydrogen-bond donors (Lipinski definition) is 1. The minimum Gasteiger partial charge on any atom is -0.503 e. The zero-order valence-corrected chi connectivity index (χ0v) is 20.3. The van der Waals surface area contributed by atoms with E-state index in [1.54, 1.807) is 72.8 Å². The highest BCUT2D eigenvalue weighted by Gasteiger charge is 2.45. The number of aliphatic hydroxyl groups is 1. The van der Waals surface area contributed by atoms with Crippen molar-refractivity contribution < 1.29 is 28.6 Å². The van der Waals surface area contributed by atoms with Gasteiger partial charge in [0.1, 0.15) is 5.75 Å². The van der Waals surface area contributed by atoms with Crippen molar-refractivity contribution >= 4 is 39.9 Å². The van der Waals surface area contributed by atoms with Crippen molar-refractivity contribution in [3.63, 3.8) is 0 Å². The molecule has 1 amide bonds. The Morgan fingerprint density at radius 3 is 2.47 bits per heavy atom. The first-order chi connectivity index (χ1) is 17.4. The largest absolute Gasteiger partial charge is 0.503 e. The molecule has 0 spiro atoms. The summed E-state index contributed by atoms with van der Waals surface area (Å²) in [5.41, 5.74) is 1.40. The Balaban J connectivity index is 1.62. The van der Waals surface area contributed by atoms with Gasteiger partial charge in [-0.25, -0.2) is 0 Å². The van der Waals surface area contributed by atoms with Gasteiger partial charge < -0.3 is 19.0 Å². The number of furan rings is 1.